The molecule has 0 aromatic heterocycles. The molecule has 27 heavy (non-hydrogen) atoms. The van der Waals surface area contributed by atoms with Gasteiger partial charge in [-0.05, 0) is 19.4 Å². The average Bonchev–Trinajstić information content (AvgIpc) is 2.53. The lowest BCUT2D eigenvalue weighted by Crippen LogP contribution is -2.35. The predicted octanol–water partition coefficient (Wildman–Crippen LogP) is 2.22. The van der Waals surface area contributed by atoms with E-state index in [0.29, 0.717) is 0 Å². The van der Waals surface area contributed by atoms with Gasteiger partial charge in [0, 0.05) is 17.8 Å². The summed E-state index contributed by atoms with van der Waals surface area (Å²) in [7, 11) is 0. The minimum Gasteiger partial charge on any atom is -0.478 e. The first kappa shape index (κ1) is 24.2. The molecule has 1 unspecified atom stereocenters. The Hall–Kier alpha value is -2.78. The molecule has 0 aliphatic carbocycles. The second-order valence-corrected chi connectivity index (χ2v) is 5.30. The monoisotopic (exact) mass is 419 g/mol. The quantitative estimate of drug-likeness (QED) is 0.374. The maximum Gasteiger partial charge on any atom is 0.338 e. The van der Waals surface area contributed by atoms with Crippen molar-refractivity contribution in [1.82, 2.24) is 5.32 Å². The number of halogens is 2. The lowest BCUT2D eigenvalue weighted by atomic mass is 9.81. The number of hydrogen-bond donors (Lipinski definition) is 3. The molecule has 1 atom stereocenters. The number of carbonyl (C=O) groups excluding carboxylic acids is 1. The number of nitro benzene ring substituents is 1. The number of non-ortho nitro benzene ring substituents is 1. The van der Waals surface area contributed by atoms with Crippen LogP contribution < -0.4 is 11.1 Å². The summed E-state index contributed by atoms with van der Waals surface area (Å²) in [5.41, 5.74) is 5.96. The zero-order chi connectivity index (χ0) is 18.7. The van der Waals surface area contributed by atoms with E-state index in [-0.39, 0.29) is 65.3 Å². The third kappa shape index (κ3) is 4.89. The number of carbonyl (C=O) groups is 2. The second kappa shape index (κ2) is 9.79. The van der Waals surface area contributed by atoms with E-state index in [9.17, 15) is 24.8 Å². The first-order valence-electron chi connectivity index (χ1n) is 7.40. The van der Waals surface area contributed by atoms with Crippen LogP contribution in [0.25, 0.3) is 0 Å². The van der Waals surface area contributed by atoms with E-state index in [1.807, 2.05) is 0 Å². The van der Waals surface area contributed by atoms with E-state index < -0.39 is 22.8 Å². The Balaban J connectivity index is 0.00000338. The summed E-state index contributed by atoms with van der Waals surface area (Å²) in [6, 6.07) is 5.42. The van der Waals surface area contributed by atoms with E-state index >= 15 is 0 Å². The summed E-state index contributed by atoms with van der Waals surface area (Å²) < 4.78 is 4.98. The molecule has 0 fully saturated rings. The van der Waals surface area contributed by atoms with Crippen molar-refractivity contribution in [3.63, 3.8) is 0 Å². The number of nitrogens with two attached hydrogens (primary N) is 1. The molecule has 0 radical (unpaired) electrons. The third-order valence-electron chi connectivity index (χ3n) is 3.73. The lowest BCUT2D eigenvalue weighted by Gasteiger charge is -2.29. The smallest absolute Gasteiger partial charge is 0.338 e. The number of nitrogens with zero attached hydrogens (tertiary/aromatic N) is 1. The van der Waals surface area contributed by atoms with Crippen molar-refractivity contribution in [2.75, 3.05) is 6.61 Å². The molecule has 148 valence electrons. The van der Waals surface area contributed by atoms with Gasteiger partial charge in [0.15, 0.2) is 0 Å². The molecule has 1 aromatic carbocycles. The normalized spacial score (nSPS) is 15.9. The van der Waals surface area contributed by atoms with Crippen LogP contribution in [0.4, 0.5) is 5.69 Å². The fraction of sp³-hybridized carbons (Fsp3) is 0.250. The first-order chi connectivity index (χ1) is 11.8. The van der Waals surface area contributed by atoms with Gasteiger partial charge in [-0.15, -0.1) is 24.8 Å². The number of esters is 1. The van der Waals surface area contributed by atoms with Crippen molar-refractivity contribution in [2.45, 2.75) is 19.8 Å². The molecule has 1 aliphatic heterocycles. The van der Waals surface area contributed by atoms with E-state index in [1.165, 1.54) is 31.2 Å². The van der Waals surface area contributed by atoms with Crippen LogP contribution in [0, 0.1) is 10.1 Å². The van der Waals surface area contributed by atoms with E-state index in [2.05, 4.69) is 5.32 Å². The van der Waals surface area contributed by atoms with Crippen molar-refractivity contribution in [2.24, 2.45) is 5.73 Å². The van der Waals surface area contributed by atoms with Crippen molar-refractivity contribution in [3.8, 4) is 0 Å². The minimum atomic E-state index is -1.27. The highest BCUT2D eigenvalue weighted by molar-refractivity contribution is 5.99. The predicted molar refractivity (Wildman–Crippen MR) is 102 cm³/mol. The van der Waals surface area contributed by atoms with E-state index in [4.69, 9.17) is 10.5 Å². The molecule has 0 amide bonds. The van der Waals surface area contributed by atoms with Crippen LogP contribution in [-0.4, -0.2) is 28.6 Å². The molecule has 1 aromatic rings. The van der Waals surface area contributed by atoms with Crippen LogP contribution >= 0.6 is 24.8 Å². The topological polar surface area (TPSA) is 145 Å². The van der Waals surface area contributed by atoms with Crippen LogP contribution in [0.2, 0.25) is 0 Å². The van der Waals surface area contributed by atoms with Gasteiger partial charge in [0.1, 0.15) is 5.82 Å². The molecular weight excluding hydrogens is 401 g/mol. The lowest BCUT2D eigenvalue weighted by molar-refractivity contribution is -0.384. The van der Waals surface area contributed by atoms with Crippen LogP contribution in [0.5, 0.6) is 0 Å². The Morgan fingerprint density at radius 1 is 1.33 bits per heavy atom. The fourth-order valence-corrected chi connectivity index (χ4v) is 2.72. The number of rotatable bonds is 5. The molecular formula is C16H19Cl2N3O6. The maximum atomic E-state index is 12.3. The van der Waals surface area contributed by atoms with Gasteiger partial charge < -0.3 is 20.9 Å². The maximum absolute atomic E-state index is 12.3. The number of carboxylic acids is 1. The third-order valence-corrected chi connectivity index (χ3v) is 3.73. The molecule has 0 bridgehead atoms. The molecule has 9 nitrogen and oxygen atoms in total. The zero-order valence-corrected chi connectivity index (χ0v) is 16.1. The first-order valence-corrected chi connectivity index (χ1v) is 7.40. The highest BCUT2D eigenvalue weighted by Crippen LogP contribution is 2.38. The molecule has 1 heterocycles. The van der Waals surface area contributed by atoms with Gasteiger partial charge in [-0.2, -0.15) is 0 Å². The Bertz CT molecular complexity index is 822. The summed E-state index contributed by atoms with van der Waals surface area (Å²) in [4.78, 5) is 34.5. The Morgan fingerprint density at radius 3 is 2.48 bits per heavy atom. The number of hydrogen-bond acceptors (Lipinski definition) is 7. The number of benzene rings is 1. The number of ether oxygens (including phenoxy) is 1. The summed E-state index contributed by atoms with van der Waals surface area (Å²) in [5, 5.41) is 23.3. The standard InChI is InChI=1S/C16H17N3O6.2ClH/c1-3-25-16(22)13-12(9-5-4-6-10(7-9)19(23)24)11(15(20)21)8(2)18-14(13)17;;/h4-7,12,18H,3,17H2,1-2H3,(H,20,21);2*1H. The second-order valence-electron chi connectivity index (χ2n) is 5.30. The average molecular weight is 420 g/mol. The SMILES string of the molecule is CCOC(=O)C1=C(N)NC(C)=C(C(=O)O)C1c1cccc([N+](=O)[O-])c1.Cl.Cl. The summed E-state index contributed by atoms with van der Waals surface area (Å²) in [6.45, 7) is 3.18. The summed E-state index contributed by atoms with van der Waals surface area (Å²) in [6.07, 6.45) is 0. The van der Waals surface area contributed by atoms with Crippen molar-refractivity contribution < 1.29 is 24.4 Å². The van der Waals surface area contributed by atoms with Crippen LogP contribution in [0.3, 0.4) is 0 Å². The van der Waals surface area contributed by atoms with Crippen molar-refractivity contribution in [3.05, 3.63) is 62.6 Å². The zero-order valence-electron chi connectivity index (χ0n) is 14.4. The van der Waals surface area contributed by atoms with Gasteiger partial charge in [0.2, 0.25) is 0 Å². The van der Waals surface area contributed by atoms with Gasteiger partial charge in [-0.25, -0.2) is 9.59 Å². The van der Waals surface area contributed by atoms with Crippen LogP contribution in [0.1, 0.15) is 25.3 Å². The Morgan fingerprint density at radius 2 is 1.96 bits per heavy atom. The number of dihydropyridines is 1. The number of aliphatic carboxylic acids is 1. The summed E-state index contributed by atoms with van der Waals surface area (Å²) in [5.74, 6) is -3.18. The number of nitro groups is 1. The van der Waals surface area contributed by atoms with Crippen LogP contribution in [-0.2, 0) is 14.3 Å². The molecule has 1 aliphatic rings. The largest absolute Gasteiger partial charge is 0.478 e. The highest BCUT2D eigenvalue weighted by atomic mass is 35.5. The molecule has 0 saturated carbocycles. The van der Waals surface area contributed by atoms with Gasteiger partial charge in [0.05, 0.1) is 28.6 Å². The highest BCUT2D eigenvalue weighted by Gasteiger charge is 2.38. The molecule has 0 spiro atoms. The number of allylic oxidation sites excluding steroid dienone is 1. The Kier molecular flexibility index (Phi) is 8.78. The summed E-state index contributed by atoms with van der Waals surface area (Å²) >= 11 is 0. The van der Waals surface area contributed by atoms with E-state index in [1.54, 1.807) is 6.92 Å². The number of nitrogens with one attached hydrogen (secondary N) is 1. The van der Waals surface area contributed by atoms with Crippen molar-refractivity contribution >= 4 is 42.4 Å². The van der Waals surface area contributed by atoms with Crippen molar-refractivity contribution in [1.29, 1.82) is 0 Å². The fourth-order valence-electron chi connectivity index (χ4n) is 2.72. The number of carboxylic acid groups (broad SMARTS) is 1. The molecule has 11 heteroatoms. The minimum absolute atomic E-state index is 0. The molecule has 2 rings (SSSR count). The van der Waals surface area contributed by atoms with Gasteiger partial charge in [-0.3, -0.25) is 10.1 Å². The van der Waals surface area contributed by atoms with E-state index in [0.717, 1.165) is 0 Å². The van der Waals surface area contributed by atoms with Gasteiger partial charge in [0.25, 0.3) is 5.69 Å². The molecule has 4 N–H and O–H groups in total. The molecule has 0 saturated heterocycles. The Labute approximate surface area is 167 Å². The van der Waals surface area contributed by atoms with Gasteiger partial charge in [-0.1, -0.05) is 12.1 Å². The van der Waals surface area contributed by atoms with Gasteiger partial charge >= 0.3 is 11.9 Å². The van der Waals surface area contributed by atoms with Crippen LogP contribution in [0.15, 0.2) is 46.9 Å².